The first kappa shape index (κ1) is 22.0. The molecule has 0 saturated carbocycles. The number of esters is 1. The molecule has 1 aromatic heterocycles. The number of likely N-dealkylation sites (tertiary alicyclic amines) is 1. The van der Waals surface area contributed by atoms with Crippen molar-refractivity contribution < 1.29 is 32.2 Å². The van der Waals surface area contributed by atoms with Gasteiger partial charge in [-0.25, -0.2) is 9.59 Å². The fourth-order valence-electron chi connectivity index (χ4n) is 3.21. The first-order valence-corrected chi connectivity index (χ1v) is 9.14. The molecule has 0 atom stereocenters. The second kappa shape index (κ2) is 8.00. The molecule has 0 N–H and O–H groups in total. The molecule has 0 unspecified atom stereocenters. The van der Waals surface area contributed by atoms with E-state index in [1.807, 2.05) is 0 Å². The molecule has 1 amide bonds. The van der Waals surface area contributed by atoms with E-state index in [0.29, 0.717) is 12.8 Å². The summed E-state index contributed by atoms with van der Waals surface area (Å²) in [5, 5.41) is 3.99. The predicted octanol–water partition coefficient (Wildman–Crippen LogP) is 3.73. The van der Waals surface area contributed by atoms with Crippen LogP contribution in [0, 0.1) is 0 Å². The predicted molar refractivity (Wildman–Crippen MR) is 93.9 cm³/mol. The summed E-state index contributed by atoms with van der Waals surface area (Å²) in [4.78, 5) is 25.7. The van der Waals surface area contributed by atoms with Crippen molar-refractivity contribution in [3.05, 3.63) is 17.0 Å². The van der Waals surface area contributed by atoms with Crippen molar-refractivity contribution in [1.29, 1.82) is 0 Å². The van der Waals surface area contributed by atoms with Gasteiger partial charge in [0, 0.05) is 26.1 Å². The van der Waals surface area contributed by atoms with E-state index in [1.165, 1.54) is 18.9 Å². The zero-order valence-corrected chi connectivity index (χ0v) is 16.7. The van der Waals surface area contributed by atoms with Gasteiger partial charge in [0.05, 0.1) is 12.3 Å². The lowest BCUT2D eigenvalue weighted by molar-refractivity contribution is -0.139. The second-order valence-corrected chi connectivity index (χ2v) is 7.69. The van der Waals surface area contributed by atoms with Gasteiger partial charge in [-0.2, -0.15) is 18.3 Å². The lowest BCUT2D eigenvalue weighted by atomic mass is 9.90. The summed E-state index contributed by atoms with van der Waals surface area (Å²) in [5.74, 6) is -1.58. The Morgan fingerprint density at radius 2 is 1.75 bits per heavy atom. The molecule has 1 aliphatic rings. The van der Waals surface area contributed by atoms with Crippen LogP contribution in [0.3, 0.4) is 0 Å². The maximum atomic E-state index is 13.7. The van der Waals surface area contributed by atoms with Gasteiger partial charge in [-0.15, -0.1) is 0 Å². The van der Waals surface area contributed by atoms with Gasteiger partial charge in [-0.05, 0) is 40.5 Å². The summed E-state index contributed by atoms with van der Waals surface area (Å²) in [5.41, 5.74) is -2.47. The number of aromatic nitrogens is 2. The number of rotatable bonds is 3. The normalized spacial score (nSPS) is 16.2. The molecule has 2 rings (SSSR count). The maximum Gasteiger partial charge on any atom is 0.420 e. The zero-order chi connectivity index (χ0) is 21.3. The van der Waals surface area contributed by atoms with Crippen LogP contribution >= 0.6 is 0 Å². The zero-order valence-electron chi connectivity index (χ0n) is 16.7. The van der Waals surface area contributed by atoms with Crippen LogP contribution in [0.2, 0.25) is 0 Å². The molecule has 158 valence electrons. The van der Waals surface area contributed by atoms with E-state index in [-0.39, 0.29) is 25.4 Å². The average molecular weight is 405 g/mol. The van der Waals surface area contributed by atoms with E-state index < -0.39 is 41.0 Å². The van der Waals surface area contributed by atoms with Crippen LogP contribution in [0.4, 0.5) is 18.0 Å². The number of hydrogen-bond donors (Lipinski definition) is 0. The smallest absolute Gasteiger partial charge is 0.420 e. The third-order valence-electron chi connectivity index (χ3n) is 4.36. The van der Waals surface area contributed by atoms with Crippen molar-refractivity contribution >= 4 is 12.1 Å². The topological polar surface area (TPSA) is 73.7 Å². The van der Waals surface area contributed by atoms with Gasteiger partial charge >= 0.3 is 18.2 Å². The second-order valence-electron chi connectivity index (χ2n) is 7.69. The molecule has 7 nitrogen and oxygen atoms in total. The Hall–Kier alpha value is -2.26. The Bertz CT molecular complexity index is 730. The Morgan fingerprint density at radius 3 is 2.21 bits per heavy atom. The summed E-state index contributed by atoms with van der Waals surface area (Å²) in [6.07, 6.45) is -4.65. The van der Waals surface area contributed by atoms with Gasteiger partial charge in [0.25, 0.3) is 0 Å². The number of hydrogen-bond acceptors (Lipinski definition) is 5. The third kappa shape index (κ3) is 4.96. The maximum absolute atomic E-state index is 13.7. The van der Waals surface area contributed by atoms with E-state index in [2.05, 4.69) is 5.10 Å². The van der Waals surface area contributed by atoms with E-state index in [1.54, 1.807) is 20.8 Å². The molecule has 0 radical (unpaired) electrons. The first-order valence-electron chi connectivity index (χ1n) is 9.14. The van der Waals surface area contributed by atoms with Crippen LogP contribution in [-0.4, -0.2) is 52.0 Å². The van der Waals surface area contributed by atoms with Crippen LogP contribution in [0.5, 0.6) is 0 Å². The molecule has 1 saturated heterocycles. The number of nitrogens with zero attached hydrogens (tertiary/aromatic N) is 3. The highest BCUT2D eigenvalue weighted by Gasteiger charge is 2.44. The molecule has 1 aromatic rings. The average Bonchev–Trinajstić information content (AvgIpc) is 2.91. The van der Waals surface area contributed by atoms with Crippen molar-refractivity contribution in [1.82, 2.24) is 14.7 Å². The van der Waals surface area contributed by atoms with Crippen LogP contribution < -0.4 is 0 Å². The summed E-state index contributed by atoms with van der Waals surface area (Å²) >= 11 is 0. The monoisotopic (exact) mass is 405 g/mol. The number of carbonyl (C=O) groups excluding carboxylic acids is 2. The third-order valence-corrected chi connectivity index (χ3v) is 4.36. The van der Waals surface area contributed by atoms with E-state index >= 15 is 0 Å². The van der Waals surface area contributed by atoms with Crippen LogP contribution in [0.1, 0.15) is 68.2 Å². The molecular weight excluding hydrogens is 379 g/mol. The summed E-state index contributed by atoms with van der Waals surface area (Å²) in [6.45, 7) is 7.23. The Morgan fingerprint density at radius 1 is 1.18 bits per heavy atom. The molecule has 2 heterocycles. The lowest BCUT2D eigenvalue weighted by Gasteiger charge is -2.33. The van der Waals surface area contributed by atoms with Gasteiger partial charge in [0.1, 0.15) is 11.2 Å². The first-order chi connectivity index (χ1) is 12.8. The van der Waals surface area contributed by atoms with E-state index in [9.17, 15) is 22.8 Å². The van der Waals surface area contributed by atoms with Crippen molar-refractivity contribution in [2.24, 2.45) is 7.05 Å². The van der Waals surface area contributed by atoms with Gasteiger partial charge < -0.3 is 14.4 Å². The van der Waals surface area contributed by atoms with Crippen LogP contribution in [-0.2, 0) is 22.7 Å². The van der Waals surface area contributed by atoms with E-state index in [0.717, 1.165) is 4.68 Å². The largest absolute Gasteiger partial charge is 0.461 e. The van der Waals surface area contributed by atoms with E-state index in [4.69, 9.17) is 9.47 Å². The highest BCUT2D eigenvalue weighted by molar-refractivity contribution is 5.90. The van der Waals surface area contributed by atoms with Crippen molar-refractivity contribution in [3.63, 3.8) is 0 Å². The number of halogens is 3. The molecular formula is C18H26F3N3O4. The minimum atomic E-state index is -4.74. The number of alkyl halides is 3. The number of piperidine rings is 1. The standard InChI is InChI=1S/C18H26F3N3O4/c1-6-27-15(25)14-12(18(19,20)21)13(22-23(14)5)11-7-9-24(10-8-11)16(26)28-17(2,3)4/h11H,6-10H2,1-5H3. The molecule has 0 spiro atoms. The number of aryl methyl sites for hydroxylation is 1. The van der Waals surface area contributed by atoms with Gasteiger partial charge in [0.15, 0.2) is 5.69 Å². The summed E-state index contributed by atoms with van der Waals surface area (Å²) < 4.78 is 52.2. The quantitative estimate of drug-likeness (QED) is 0.717. The molecule has 0 bridgehead atoms. The lowest BCUT2D eigenvalue weighted by Crippen LogP contribution is -2.41. The number of amides is 1. The SMILES string of the molecule is CCOC(=O)c1c(C(F)(F)F)c(C2CCN(C(=O)OC(C)(C)C)CC2)nn1C. The highest BCUT2D eigenvalue weighted by atomic mass is 19.4. The van der Waals surface area contributed by atoms with Crippen molar-refractivity contribution in [2.45, 2.75) is 58.2 Å². The van der Waals surface area contributed by atoms with Gasteiger partial charge in [-0.3, -0.25) is 4.68 Å². The molecule has 0 aliphatic carbocycles. The molecule has 1 fully saturated rings. The highest BCUT2D eigenvalue weighted by Crippen LogP contribution is 2.40. The molecule has 0 aromatic carbocycles. The van der Waals surface area contributed by atoms with Gasteiger partial charge in [0.2, 0.25) is 0 Å². The molecule has 1 aliphatic heterocycles. The fourth-order valence-corrected chi connectivity index (χ4v) is 3.21. The number of ether oxygens (including phenoxy) is 2. The van der Waals surface area contributed by atoms with Gasteiger partial charge in [-0.1, -0.05) is 0 Å². The summed E-state index contributed by atoms with van der Waals surface area (Å²) in [6, 6.07) is 0. The molecule has 28 heavy (non-hydrogen) atoms. The van der Waals surface area contributed by atoms with Crippen molar-refractivity contribution in [2.75, 3.05) is 19.7 Å². The Labute approximate surface area is 161 Å². The summed E-state index contributed by atoms with van der Waals surface area (Å²) in [7, 11) is 1.29. The minimum Gasteiger partial charge on any atom is -0.461 e. The van der Waals surface area contributed by atoms with Crippen molar-refractivity contribution in [3.8, 4) is 0 Å². The fraction of sp³-hybridized carbons (Fsp3) is 0.722. The number of carbonyl (C=O) groups is 2. The minimum absolute atomic E-state index is 0.0368. The van der Waals surface area contributed by atoms with Crippen LogP contribution in [0.15, 0.2) is 0 Å². The Balaban J connectivity index is 2.24. The Kier molecular flexibility index (Phi) is 6.30. The van der Waals surface area contributed by atoms with Crippen LogP contribution in [0.25, 0.3) is 0 Å². The molecule has 10 heteroatoms.